The smallest absolute Gasteiger partial charge is 0.134 e. The number of nitrogens with two attached hydrogens (primary N) is 1. The van der Waals surface area contributed by atoms with Crippen LogP contribution in [0.5, 0.6) is 0 Å². The van der Waals surface area contributed by atoms with Crippen LogP contribution in [-0.4, -0.2) is 6.54 Å². The molecule has 2 nitrogen and oxygen atoms in total. The molecule has 0 aliphatic rings. The van der Waals surface area contributed by atoms with Crippen molar-refractivity contribution in [3.05, 3.63) is 53.3 Å². The van der Waals surface area contributed by atoms with Crippen molar-refractivity contribution in [1.29, 1.82) is 0 Å². The molecule has 88 valence electrons. The van der Waals surface area contributed by atoms with Gasteiger partial charge in [0.15, 0.2) is 0 Å². The normalized spacial score (nSPS) is 11.2. The SMILES string of the molecule is NCCC=Cc1ccc(-c2ccc(Cl)cc2)o1. The van der Waals surface area contributed by atoms with E-state index in [0.29, 0.717) is 6.54 Å². The van der Waals surface area contributed by atoms with Crippen LogP contribution in [0.3, 0.4) is 0 Å². The standard InChI is InChI=1S/C14H14ClNO/c15-12-6-4-11(5-7-12)14-9-8-13(17-14)3-1-2-10-16/h1,3-9H,2,10,16H2. The van der Waals surface area contributed by atoms with Crippen LogP contribution >= 0.6 is 11.6 Å². The first-order valence-electron chi connectivity index (χ1n) is 5.52. The highest BCUT2D eigenvalue weighted by molar-refractivity contribution is 6.30. The predicted octanol–water partition coefficient (Wildman–Crippen LogP) is 3.96. The van der Waals surface area contributed by atoms with Crippen LogP contribution in [0.4, 0.5) is 0 Å². The van der Waals surface area contributed by atoms with Crippen LogP contribution in [-0.2, 0) is 0 Å². The molecule has 0 saturated heterocycles. The average Bonchev–Trinajstić information content (AvgIpc) is 2.79. The van der Waals surface area contributed by atoms with Gasteiger partial charge in [-0.1, -0.05) is 17.7 Å². The minimum atomic E-state index is 0.654. The van der Waals surface area contributed by atoms with Crippen molar-refractivity contribution in [2.24, 2.45) is 5.73 Å². The second kappa shape index (κ2) is 5.71. The van der Waals surface area contributed by atoms with Gasteiger partial charge < -0.3 is 10.2 Å². The molecule has 0 spiro atoms. The molecule has 0 atom stereocenters. The molecule has 1 aromatic carbocycles. The van der Waals surface area contributed by atoms with E-state index in [1.165, 1.54) is 0 Å². The zero-order valence-electron chi connectivity index (χ0n) is 9.40. The predicted molar refractivity (Wildman–Crippen MR) is 71.9 cm³/mol. The maximum Gasteiger partial charge on any atom is 0.134 e. The molecule has 0 aliphatic carbocycles. The maximum atomic E-state index is 5.84. The summed E-state index contributed by atoms with van der Waals surface area (Å²) in [5, 5.41) is 0.725. The summed E-state index contributed by atoms with van der Waals surface area (Å²) in [5.74, 6) is 1.68. The Bertz CT molecular complexity index is 499. The van der Waals surface area contributed by atoms with Crippen LogP contribution in [0, 0.1) is 0 Å². The summed E-state index contributed by atoms with van der Waals surface area (Å²) in [6.45, 7) is 0.654. The van der Waals surface area contributed by atoms with Crippen molar-refractivity contribution in [2.45, 2.75) is 6.42 Å². The molecular formula is C14H14ClNO. The van der Waals surface area contributed by atoms with Crippen molar-refractivity contribution < 1.29 is 4.42 Å². The topological polar surface area (TPSA) is 39.2 Å². The van der Waals surface area contributed by atoms with E-state index in [1.807, 2.05) is 48.6 Å². The molecule has 0 aliphatic heterocycles. The minimum Gasteiger partial charge on any atom is -0.457 e. The third-order valence-corrected chi connectivity index (χ3v) is 2.62. The fourth-order valence-electron chi connectivity index (χ4n) is 1.51. The molecule has 1 aromatic heterocycles. The molecular weight excluding hydrogens is 234 g/mol. The Kier molecular flexibility index (Phi) is 4.02. The van der Waals surface area contributed by atoms with Gasteiger partial charge in [-0.05, 0) is 55.4 Å². The van der Waals surface area contributed by atoms with Gasteiger partial charge in [0.05, 0.1) is 0 Å². The number of rotatable bonds is 4. The fourth-order valence-corrected chi connectivity index (χ4v) is 1.63. The molecule has 0 fully saturated rings. The van der Waals surface area contributed by atoms with Crippen LogP contribution in [0.1, 0.15) is 12.2 Å². The Labute approximate surface area is 106 Å². The summed E-state index contributed by atoms with van der Waals surface area (Å²) < 4.78 is 5.69. The van der Waals surface area contributed by atoms with Gasteiger partial charge in [-0.25, -0.2) is 0 Å². The lowest BCUT2D eigenvalue weighted by molar-refractivity contribution is 0.571. The quantitative estimate of drug-likeness (QED) is 0.888. The van der Waals surface area contributed by atoms with Crippen LogP contribution in [0.2, 0.25) is 5.02 Å². The van der Waals surface area contributed by atoms with Crippen molar-refractivity contribution in [2.75, 3.05) is 6.54 Å². The highest BCUT2D eigenvalue weighted by Crippen LogP contribution is 2.24. The second-order valence-electron chi connectivity index (χ2n) is 3.69. The van der Waals surface area contributed by atoms with E-state index >= 15 is 0 Å². The van der Waals surface area contributed by atoms with Gasteiger partial charge in [0.1, 0.15) is 11.5 Å². The van der Waals surface area contributed by atoms with Gasteiger partial charge in [0.25, 0.3) is 0 Å². The Morgan fingerprint density at radius 2 is 1.88 bits per heavy atom. The molecule has 0 bridgehead atoms. The molecule has 0 radical (unpaired) electrons. The number of benzene rings is 1. The second-order valence-corrected chi connectivity index (χ2v) is 4.13. The highest BCUT2D eigenvalue weighted by Gasteiger charge is 2.02. The largest absolute Gasteiger partial charge is 0.457 e. The van der Waals surface area contributed by atoms with E-state index in [9.17, 15) is 0 Å². The van der Waals surface area contributed by atoms with Crippen LogP contribution in [0.25, 0.3) is 17.4 Å². The molecule has 17 heavy (non-hydrogen) atoms. The maximum absolute atomic E-state index is 5.84. The third-order valence-electron chi connectivity index (χ3n) is 2.37. The van der Waals surface area contributed by atoms with Crippen molar-refractivity contribution in [3.63, 3.8) is 0 Å². The van der Waals surface area contributed by atoms with Gasteiger partial charge in [-0.3, -0.25) is 0 Å². The van der Waals surface area contributed by atoms with E-state index < -0.39 is 0 Å². The summed E-state index contributed by atoms with van der Waals surface area (Å²) in [6, 6.07) is 11.5. The first-order chi connectivity index (χ1) is 8.29. The molecule has 1 heterocycles. The lowest BCUT2D eigenvalue weighted by Crippen LogP contribution is -1.94. The van der Waals surface area contributed by atoms with E-state index in [0.717, 1.165) is 28.5 Å². The zero-order valence-corrected chi connectivity index (χ0v) is 10.2. The molecule has 2 aromatic rings. The fraction of sp³-hybridized carbons (Fsp3) is 0.143. The molecule has 2 rings (SSSR count). The van der Waals surface area contributed by atoms with E-state index in [4.69, 9.17) is 21.8 Å². The lowest BCUT2D eigenvalue weighted by Gasteiger charge is -1.96. The van der Waals surface area contributed by atoms with Gasteiger partial charge in [0, 0.05) is 10.6 Å². The number of hydrogen-bond donors (Lipinski definition) is 1. The Balaban J connectivity index is 2.15. The molecule has 0 saturated carbocycles. The minimum absolute atomic E-state index is 0.654. The zero-order chi connectivity index (χ0) is 12.1. The van der Waals surface area contributed by atoms with Gasteiger partial charge in [-0.2, -0.15) is 0 Å². The summed E-state index contributed by atoms with van der Waals surface area (Å²) in [4.78, 5) is 0. The molecule has 0 unspecified atom stereocenters. The Morgan fingerprint density at radius 3 is 2.59 bits per heavy atom. The molecule has 2 N–H and O–H groups in total. The monoisotopic (exact) mass is 247 g/mol. The summed E-state index contributed by atoms with van der Waals surface area (Å²) in [5.41, 5.74) is 6.43. The first kappa shape index (κ1) is 12.0. The number of halogens is 1. The van der Waals surface area contributed by atoms with Crippen LogP contribution in [0.15, 0.2) is 46.9 Å². The number of furan rings is 1. The Morgan fingerprint density at radius 1 is 1.12 bits per heavy atom. The highest BCUT2D eigenvalue weighted by atomic mass is 35.5. The van der Waals surface area contributed by atoms with E-state index in [1.54, 1.807) is 0 Å². The number of hydrogen-bond acceptors (Lipinski definition) is 2. The van der Waals surface area contributed by atoms with E-state index in [-0.39, 0.29) is 0 Å². The Hall–Kier alpha value is -1.51. The average molecular weight is 248 g/mol. The van der Waals surface area contributed by atoms with Crippen molar-refractivity contribution >= 4 is 17.7 Å². The first-order valence-corrected chi connectivity index (χ1v) is 5.90. The third kappa shape index (κ3) is 3.22. The van der Waals surface area contributed by atoms with Gasteiger partial charge in [-0.15, -0.1) is 0 Å². The summed E-state index contributed by atoms with van der Waals surface area (Å²) in [6.07, 6.45) is 4.80. The van der Waals surface area contributed by atoms with Crippen LogP contribution < -0.4 is 5.73 Å². The van der Waals surface area contributed by atoms with Gasteiger partial charge >= 0.3 is 0 Å². The van der Waals surface area contributed by atoms with Crippen molar-refractivity contribution in [1.82, 2.24) is 0 Å². The molecule has 3 heteroatoms. The van der Waals surface area contributed by atoms with E-state index in [2.05, 4.69) is 0 Å². The lowest BCUT2D eigenvalue weighted by atomic mass is 10.2. The molecule has 0 amide bonds. The summed E-state index contributed by atoms with van der Waals surface area (Å²) >= 11 is 5.84. The summed E-state index contributed by atoms with van der Waals surface area (Å²) in [7, 11) is 0. The van der Waals surface area contributed by atoms with Crippen molar-refractivity contribution in [3.8, 4) is 11.3 Å². The van der Waals surface area contributed by atoms with Gasteiger partial charge in [0.2, 0.25) is 0 Å².